The number of nitrogens with two attached hydrogens (primary N) is 1. The summed E-state index contributed by atoms with van der Waals surface area (Å²) in [6.45, 7) is 0.902. The third kappa shape index (κ3) is 5.00. The van der Waals surface area contributed by atoms with Crippen LogP contribution in [0.3, 0.4) is 0 Å². The zero-order valence-electron chi connectivity index (χ0n) is 13.4. The monoisotopic (exact) mass is 352 g/mol. The van der Waals surface area contributed by atoms with Crippen LogP contribution >= 0.6 is 23.2 Å². The lowest BCUT2D eigenvalue weighted by Crippen LogP contribution is -2.88. The van der Waals surface area contributed by atoms with Crippen molar-refractivity contribution in [1.82, 2.24) is 0 Å². The quantitative estimate of drug-likeness (QED) is 0.780. The lowest BCUT2D eigenvalue weighted by Gasteiger charge is -2.17. The van der Waals surface area contributed by atoms with Gasteiger partial charge in [-0.05, 0) is 56.0 Å². The molecule has 23 heavy (non-hydrogen) atoms. The summed E-state index contributed by atoms with van der Waals surface area (Å²) < 4.78 is 5.98. The van der Waals surface area contributed by atoms with E-state index < -0.39 is 0 Å². The summed E-state index contributed by atoms with van der Waals surface area (Å²) in [6.07, 6.45) is 9.60. The molecule has 1 saturated carbocycles. The van der Waals surface area contributed by atoms with Gasteiger partial charge in [-0.3, -0.25) is 0 Å². The highest BCUT2D eigenvalue weighted by molar-refractivity contribution is 6.35. The molecule has 1 aromatic heterocycles. The van der Waals surface area contributed by atoms with Gasteiger partial charge in [0, 0.05) is 15.6 Å². The number of benzene rings is 1. The molecule has 1 aliphatic rings. The molecule has 0 atom stereocenters. The Hall–Kier alpha value is -0.960. The highest BCUT2D eigenvalue weighted by Gasteiger charge is 2.15. The Morgan fingerprint density at radius 2 is 1.57 bits per heavy atom. The maximum Gasteiger partial charge on any atom is 0.158 e. The molecule has 1 heterocycles. The minimum Gasteiger partial charge on any atom is -0.455 e. The van der Waals surface area contributed by atoms with Crippen molar-refractivity contribution in [2.75, 3.05) is 0 Å². The molecule has 0 aliphatic heterocycles. The molecule has 1 aromatic carbocycles. The minimum absolute atomic E-state index is 0.631. The molecule has 3 rings (SSSR count). The van der Waals surface area contributed by atoms with Gasteiger partial charge in [0.15, 0.2) is 5.76 Å². The van der Waals surface area contributed by atoms with Crippen LogP contribution in [0.15, 0.2) is 34.7 Å². The molecular weight excluding hydrogens is 329 g/mol. The summed E-state index contributed by atoms with van der Waals surface area (Å²) in [5.41, 5.74) is 0.930. The third-order valence-corrected chi connectivity index (χ3v) is 5.05. The first kappa shape index (κ1) is 16.9. The Bertz CT molecular complexity index is 610. The molecule has 0 amide bonds. The van der Waals surface area contributed by atoms with E-state index in [4.69, 9.17) is 27.6 Å². The molecule has 0 unspecified atom stereocenters. The molecule has 0 spiro atoms. The molecule has 0 radical (unpaired) electrons. The molecular formula is C19H24Cl2NO+. The van der Waals surface area contributed by atoms with E-state index in [2.05, 4.69) is 11.4 Å². The zero-order valence-corrected chi connectivity index (χ0v) is 14.9. The topological polar surface area (TPSA) is 29.8 Å². The van der Waals surface area contributed by atoms with Crippen molar-refractivity contribution in [3.8, 4) is 11.3 Å². The van der Waals surface area contributed by atoms with Crippen LogP contribution in [0.1, 0.15) is 50.7 Å². The van der Waals surface area contributed by atoms with Crippen LogP contribution in [0, 0.1) is 0 Å². The molecule has 2 N–H and O–H groups in total. The Balaban J connectivity index is 1.60. The Labute approximate surface area is 148 Å². The highest BCUT2D eigenvalue weighted by atomic mass is 35.5. The number of hydrogen-bond acceptors (Lipinski definition) is 1. The molecule has 4 heteroatoms. The van der Waals surface area contributed by atoms with Gasteiger partial charge in [0.25, 0.3) is 0 Å². The average Bonchev–Trinajstić information content (AvgIpc) is 2.94. The number of halogens is 2. The van der Waals surface area contributed by atoms with Crippen LogP contribution in [-0.2, 0) is 6.54 Å². The molecule has 2 nitrogen and oxygen atoms in total. The van der Waals surface area contributed by atoms with Crippen molar-refractivity contribution in [1.29, 1.82) is 0 Å². The van der Waals surface area contributed by atoms with Crippen molar-refractivity contribution in [2.24, 2.45) is 0 Å². The summed E-state index contributed by atoms with van der Waals surface area (Å²) in [5.74, 6) is 1.84. The fourth-order valence-electron chi connectivity index (χ4n) is 3.35. The summed E-state index contributed by atoms with van der Waals surface area (Å²) in [4.78, 5) is 0. The molecule has 1 fully saturated rings. The fourth-order valence-corrected chi connectivity index (χ4v) is 3.87. The minimum atomic E-state index is 0.631. The Morgan fingerprint density at radius 1 is 0.913 bits per heavy atom. The number of furan rings is 1. The smallest absolute Gasteiger partial charge is 0.158 e. The Morgan fingerprint density at radius 3 is 2.26 bits per heavy atom. The van der Waals surface area contributed by atoms with Crippen LogP contribution in [0.4, 0.5) is 0 Å². The largest absolute Gasteiger partial charge is 0.455 e. The van der Waals surface area contributed by atoms with Crippen LogP contribution in [0.25, 0.3) is 11.3 Å². The first-order chi connectivity index (χ1) is 11.2. The predicted octanol–water partition coefficient (Wildman–Crippen LogP) is 5.43. The van der Waals surface area contributed by atoms with Gasteiger partial charge in [0.2, 0.25) is 0 Å². The van der Waals surface area contributed by atoms with Gasteiger partial charge in [-0.2, -0.15) is 0 Å². The predicted molar refractivity (Wildman–Crippen MR) is 95.9 cm³/mol. The number of rotatable bonds is 4. The summed E-state index contributed by atoms with van der Waals surface area (Å²) in [7, 11) is 0. The SMILES string of the molecule is Clc1cc(Cl)cc(-c2ccc(C[NH2+]C3CCCCCCC3)o2)c1. The van der Waals surface area contributed by atoms with E-state index in [0.717, 1.165) is 29.7 Å². The van der Waals surface area contributed by atoms with Gasteiger partial charge in [-0.1, -0.05) is 42.5 Å². The van der Waals surface area contributed by atoms with E-state index >= 15 is 0 Å². The lowest BCUT2D eigenvalue weighted by molar-refractivity contribution is -0.707. The second-order valence-corrected chi connectivity index (χ2v) is 7.34. The molecule has 1 aliphatic carbocycles. The van der Waals surface area contributed by atoms with Crippen molar-refractivity contribution >= 4 is 23.2 Å². The first-order valence-corrected chi connectivity index (χ1v) is 9.35. The van der Waals surface area contributed by atoms with Gasteiger partial charge >= 0.3 is 0 Å². The molecule has 2 aromatic rings. The summed E-state index contributed by atoms with van der Waals surface area (Å²) >= 11 is 12.1. The standard InChI is InChI=1S/C19H23Cl2NO/c20-15-10-14(11-16(21)12-15)19-9-8-18(23-19)13-22-17-6-4-2-1-3-5-7-17/h8-12,17,22H,1-7,13H2/p+1. The van der Waals surface area contributed by atoms with Crippen molar-refractivity contribution < 1.29 is 9.73 Å². The zero-order chi connectivity index (χ0) is 16.1. The molecule has 0 bridgehead atoms. The highest BCUT2D eigenvalue weighted by Crippen LogP contribution is 2.28. The van der Waals surface area contributed by atoms with Crippen molar-refractivity contribution in [3.63, 3.8) is 0 Å². The number of quaternary nitrogens is 1. The van der Waals surface area contributed by atoms with Crippen molar-refractivity contribution in [3.05, 3.63) is 46.1 Å². The lowest BCUT2D eigenvalue weighted by atomic mass is 9.97. The Kier molecular flexibility index (Phi) is 6.04. The molecule has 124 valence electrons. The maximum atomic E-state index is 6.07. The second kappa shape index (κ2) is 8.23. The van der Waals surface area contributed by atoms with Gasteiger partial charge in [0.1, 0.15) is 12.3 Å². The second-order valence-electron chi connectivity index (χ2n) is 6.47. The van der Waals surface area contributed by atoms with Crippen LogP contribution < -0.4 is 5.32 Å². The normalized spacial score (nSPS) is 17.0. The van der Waals surface area contributed by atoms with E-state index in [-0.39, 0.29) is 0 Å². The van der Waals surface area contributed by atoms with E-state index in [1.54, 1.807) is 6.07 Å². The maximum absolute atomic E-state index is 6.07. The molecule has 0 saturated heterocycles. The van der Waals surface area contributed by atoms with Gasteiger partial charge in [-0.15, -0.1) is 0 Å². The van der Waals surface area contributed by atoms with Crippen molar-refractivity contribution in [2.45, 2.75) is 57.5 Å². The van der Waals surface area contributed by atoms with Crippen LogP contribution in [-0.4, -0.2) is 6.04 Å². The van der Waals surface area contributed by atoms with Gasteiger partial charge in [0.05, 0.1) is 6.04 Å². The van der Waals surface area contributed by atoms with Gasteiger partial charge < -0.3 is 9.73 Å². The van der Waals surface area contributed by atoms with E-state index in [0.29, 0.717) is 10.0 Å². The van der Waals surface area contributed by atoms with E-state index in [9.17, 15) is 0 Å². The average molecular weight is 353 g/mol. The summed E-state index contributed by atoms with van der Waals surface area (Å²) in [6, 6.07) is 10.3. The van der Waals surface area contributed by atoms with E-state index in [1.807, 2.05) is 18.2 Å². The van der Waals surface area contributed by atoms with Crippen LogP contribution in [0.5, 0.6) is 0 Å². The van der Waals surface area contributed by atoms with Gasteiger partial charge in [-0.25, -0.2) is 0 Å². The number of hydrogen-bond donors (Lipinski definition) is 1. The summed E-state index contributed by atoms with van der Waals surface area (Å²) in [5, 5.41) is 3.71. The first-order valence-electron chi connectivity index (χ1n) is 8.59. The third-order valence-electron chi connectivity index (χ3n) is 4.61. The van der Waals surface area contributed by atoms with Crippen LogP contribution in [0.2, 0.25) is 10.0 Å². The van der Waals surface area contributed by atoms with E-state index in [1.165, 1.54) is 44.9 Å². The fraction of sp³-hybridized carbons (Fsp3) is 0.474.